The molecular weight excluding hydrogens is 690 g/mol. The number of fused-ring (bicyclic) bond motifs is 5. The highest BCUT2D eigenvalue weighted by atomic mass is 16.7. The molecule has 0 aromatic rings. The van der Waals surface area contributed by atoms with Gasteiger partial charge in [-0.3, -0.25) is 9.59 Å². The van der Waals surface area contributed by atoms with Crippen LogP contribution in [-0.2, 0) is 42.7 Å². The van der Waals surface area contributed by atoms with Crippen molar-refractivity contribution in [1.82, 2.24) is 4.90 Å². The second kappa shape index (κ2) is 19.6. The molecule has 0 radical (unpaired) electrons. The van der Waals surface area contributed by atoms with Crippen LogP contribution in [0.15, 0.2) is 23.3 Å². The quantitative estimate of drug-likeness (QED) is 0.223. The molecule has 11 heteroatoms. The molecule has 3 heterocycles. The average Bonchev–Trinajstić information content (AvgIpc) is 3.71. The standard InChI is InChI=1S/C35H54O8.C8H17NO2/c1-8-22-13-11-10-12-19(3)31(37)29-17-27-25(28(29)18-30(36)42-22)14-20(4)24-15-23(16-26(24)27)43-35-34(39-7)33(40-9-2)32(38-6)21(5)41-35;1-6-7(9(2)3)4-5-8(10)11-6/h14,17,19,21-28,32-35H,8-13,15-16,18H2,1-7H3;6-8,10H,4-5H2,1-3H3/t19-,21+,22+,23-,24+,25-,26-,27-,28+,32+,33-,34-,35+;6-,7+,8-/m11/s1. The van der Waals surface area contributed by atoms with Crippen molar-refractivity contribution in [3.8, 4) is 0 Å². The number of aliphatic hydroxyl groups is 1. The maximum Gasteiger partial charge on any atom is 0.306 e. The third kappa shape index (κ3) is 9.87. The molecule has 0 spiro atoms. The number of hydrogen-bond acceptors (Lipinski definition) is 11. The Kier molecular flexibility index (Phi) is 15.8. The molecule has 4 fully saturated rings. The first-order valence-corrected chi connectivity index (χ1v) is 20.9. The first kappa shape index (κ1) is 43.4. The van der Waals surface area contributed by atoms with Gasteiger partial charge in [-0.2, -0.15) is 0 Å². The minimum absolute atomic E-state index is 0.0109. The third-order valence-corrected chi connectivity index (χ3v) is 13.3. The van der Waals surface area contributed by atoms with Crippen molar-refractivity contribution in [2.24, 2.45) is 35.5 Å². The van der Waals surface area contributed by atoms with Crippen LogP contribution in [0.4, 0.5) is 0 Å². The third-order valence-electron chi connectivity index (χ3n) is 13.3. The number of cyclic esters (lactones) is 1. The molecule has 6 rings (SSSR count). The van der Waals surface area contributed by atoms with E-state index in [4.69, 9.17) is 38.3 Å². The van der Waals surface area contributed by atoms with Crippen LogP contribution in [0.3, 0.4) is 0 Å². The summed E-state index contributed by atoms with van der Waals surface area (Å²) < 4.78 is 41.9. The van der Waals surface area contributed by atoms with Gasteiger partial charge in [-0.25, -0.2) is 0 Å². The molecule has 1 N–H and O–H groups in total. The first-order chi connectivity index (χ1) is 25.8. The van der Waals surface area contributed by atoms with Gasteiger partial charge in [-0.1, -0.05) is 38.0 Å². The van der Waals surface area contributed by atoms with E-state index in [1.807, 2.05) is 34.9 Å². The molecule has 1 saturated carbocycles. The van der Waals surface area contributed by atoms with E-state index in [2.05, 4.69) is 37.8 Å². The van der Waals surface area contributed by atoms with Crippen molar-refractivity contribution in [3.63, 3.8) is 0 Å². The summed E-state index contributed by atoms with van der Waals surface area (Å²) >= 11 is 0. The molecule has 0 aromatic carbocycles. The van der Waals surface area contributed by atoms with Crippen LogP contribution in [0, 0.1) is 35.5 Å². The van der Waals surface area contributed by atoms with E-state index in [0.29, 0.717) is 24.5 Å². The summed E-state index contributed by atoms with van der Waals surface area (Å²) in [7, 11) is 7.43. The number of esters is 1. The summed E-state index contributed by atoms with van der Waals surface area (Å²) in [5.74, 6) is 0.933. The zero-order valence-corrected chi connectivity index (χ0v) is 34.7. The molecule has 308 valence electrons. The molecule has 16 atom stereocenters. The second-order valence-corrected chi connectivity index (χ2v) is 17.0. The highest BCUT2D eigenvalue weighted by Gasteiger charge is 2.53. The molecule has 3 saturated heterocycles. The van der Waals surface area contributed by atoms with E-state index in [-0.39, 0.29) is 78.5 Å². The van der Waals surface area contributed by atoms with Gasteiger partial charge in [0.15, 0.2) is 18.4 Å². The molecular formula is C43H71NO10. The lowest BCUT2D eigenvalue weighted by Gasteiger charge is -2.44. The van der Waals surface area contributed by atoms with Gasteiger partial charge in [0.25, 0.3) is 0 Å². The molecule has 0 bridgehead atoms. The summed E-state index contributed by atoms with van der Waals surface area (Å²) in [5.41, 5.74) is 2.20. The lowest BCUT2D eigenvalue weighted by atomic mass is 9.67. The van der Waals surface area contributed by atoms with Gasteiger partial charge in [0.1, 0.15) is 24.4 Å². The number of aliphatic hydroxyl groups excluding tert-OH is 1. The van der Waals surface area contributed by atoms with Crippen LogP contribution in [0.1, 0.15) is 106 Å². The normalized spacial score (nSPS) is 43.0. The number of allylic oxidation sites excluding steroid dienone is 4. The van der Waals surface area contributed by atoms with Gasteiger partial charge < -0.3 is 43.2 Å². The van der Waals surface area contributed by atoms with Crippen LogP contribution in [0.2, 0.25) is 0 Å². The zero-order valence-electron chi connectivity index (χ0n) is 34.7. The molecule has 6 aliphatic rings. The Morgan fingerprint density at radius 2 is 1.57 bits per heavy atom. The fraction of sp³-hybridized carbons (Fsp3) is 0.860. The van der Waals surface area contributed by atoms with Gasteiger partial charge in [0, 0.05) is 38.7 Å². The van der Waals surface area contributed by atoms with E-state index in [9.17, 15) is 9.59 Å². The molecule has 3 aliphatic heterocycles. The molecule has 0 amide bonds. The van der Waals surface area contributed by atoms with Gasteiger partial charge in [-0.15, -0.1) is 0 Å². The van der Waals surface area contributed by atoms with Crippen molar-refractivity contribution in [3.05, 3.63) is 23.3 Å². The predicted octanol–water partition coefficient (Wildman–Crippen LogP) is 6.25. The molecule has 0 unspecified atom stereocenters. The Balaban J connectivity index is 0.000000438. The van der Waals surface area contributed by atoms with Crippen LogP contribution < -0.4 is 0 Å². The molecule has 3 aliphatic carbocycles. The second-order valence-electron chi connectivity index (χ2n) is 17.0. The van der Waals surface area contributed by atoms with Crippen molar-refractivity contribution in [1.29, 1.82) is 0 Å². The minimum Gasteiger partial charge on any atom is -0.462 e. The van der Waals surface area contributed by atoms with Crippen molar-refractivity contribution < 1.29 is 47.9 Å². The molecule has 11 nitrogen and oxygen atoms in total. The average molecular weight is 762 g/mol. The Labute approximate surface area is 324 Å². The predicted molar refractivity (Wildman–Crippen MR) is 205 cm³/mol. The molecule has 0 aromatic heterocycles. The summed E-state index contributed by atoms with van der Waals surface area (Å²) in [6, 6.07) is 0.457. The summed E-state index contributed by atoms with van der Waals surface area (Å²) in [6.07, 6.45) is 10.8. The lowest BCUT2D eigenvalue weighted by molar-refractivity contribution is -0.317. The van der Waals surface area contributed by atoms with E-state index >= 15 is 0 Å². The molecule has 54 heavy (non-hydrogen) atoms. The number of ether oxygens (including phenoxy) is 7. The summed E-state index contributed by atoms with van der Waals surface area (Å²) in [5, 5.41) is 9.14. The number of hydrogen-bond donors (Lipinski definition) is 1. The fourth-order valence-corrected chi connectivity index (χ4v) is 10.4. The number of likely N-dealkylation sites (N-methyl/N-ethyl adjacent to an activating group) is 1. The Morgan fingerprint density at radius 1 is 0.852 bits per heavy atom. The number of methoxy groups -OCH3 is 2. The fourth-order valence-electron chi connectivity index (χ4n) is 10.4. The maximum absolute atomic E-state index is 13.8. The number of rotatable bonds is 8. The topological polar surface area (TPSA) is 122 Å². The van der Waals surface area contributed by atoms with E-state index in [1.165, 1.54) is 5.57 Å². The van der Waals surface area contributed by atoms with E-state index < -0.39 is 18.7 Å². The van der Waals surface area contributed by atoms with Crippen molar-refractivity contribution in [2.75, 3.05) is 34.9 Å². The Bertz CT molecular complexity index is 1300. The monoisotopic (exact) mass is 762 g/mol. The van der Waals surface area contributed by atoms with Crippen molar-refractivity contribution in [2.45, 2.75) is 167 Å². The number of carbonyl (C=O) groups is 2. The highest BCUT2D eigenvalue weighted by molar-refractivity contribution is 5.98. The zero-order chi connectivity index (χ0) is 39.3. The van der Waals surface area contributed by atoms with E-state index in [0.717, 1.165) is 63.4 Å². The first-order valence-electron chi connectivity index (χ1n) is 20.9. The minimum atomic E-state index is -0.561. The number of ketones is 1. The largest absolute Gasteiger partial charge is 0.462 e. The van der Waals surface area contributed by atoms with Crippen molar-refractivity contribution >= 4 is 11.8 Å². The maximum atomic E-state index is 13.8. The van der Waals surface area contributed by atoms with Gasteiger partial charge in [0.2, 0.25) is 0 Å². The lowest BCUT2D eigenvalue weighted by Crippen LogP contribution is -2.60. The highest BCUT2D eigenvalue weighted by Crippen LogP contribution is 2.56. The van der Waals surface area contributed by atoms with Gasteiger partial charge in [0.05, 0.1) is 24.7 Å². The van der Waals surface area contributed by atoms with Crippen LogP contribution >= 0.6 is 0 Å². The SMILES string of the molecule is CCO[C@@H]1[C@@H](OC)[C@H](C)O[C@@H](O[C@H]2C[C@H]3[C@@H]4C=C5C(=O)[C@H](C)CCCC[C@H](CC)OC(=O)C[C@H]5[C@@H]4C=C(C)[C@@H]3C2)[C@@H]1OC.C[C@H]1O[C@@H](O)CC[C@@H]1N(C)C. The Hall–Kier alpha value is -1.70. The van der Waals surface area contributed by atoms with Crippen LogP contribution in [-0.4, -0.2) is 118 Å². The number of nitrogens with zero attached hydrogens (tertiary/aromatic N) is 1. The van der Waals surface area contributed by atoms with Crippen LogP contribution in [0.25, 0.3) is 0 Å². The van der Waals surface area contributed by atoms with Gasteiger partial charge in [-0.05, 0) is 122 Å². The van der Waals surface area contributed by atoms with E-state index in [1.54, 1.807) is 14.2 Å². The number of Topliss-reactive ketones (excluding diaryl/α,β-unsaturated/α-hetero) is 1. The summed E-state index contributed by atoms with van der Waals surface area (Å²) in [6.45, 7) is 12.9. The number of carbonyl (C=O) groups excluding carboxylic acids is 2. The Morgan fingerprint density at radius 3 is 2.22 bits per heavy atom. The van der Waals surface area contributed by atoms with Crippen LogP contribution in [0.5, 0.6) is 0 Å². The smallest absolute Gasteiger partial charge is 0.306 e. The van der Waals surface area contributed by atoms with Gasteiger partial charge >= 0.3 is 5.97 Å². The summed E-state index contributed by atoms with van der Waals surface area (Å²) in [4.78, 5) is 29.2.